The number of aromatic nitrogens is 3. The number of esters is 1. The highest BCUT2D eigenvalue weighted by Crippen LogP contribution is 2.51. The Hall–Kier alpha value is -4.37. The molecule has 0 radical (unpaired) electrons. The molecule has 5 heterocycles. The van der Waals surface area contributed by atoms with Gasteiger partial charge in [0, 0.05) is 44.6 Å². The van der Waals surface area contributed by atoms with Crippen molar-refractivity contribution in [2.75, 3.05) is 38.3 Å². The maximum absolute atomic E-state index is 12.4. The number of carbonyl (C=O) groups is 1. The van der Waals surface area contributed by atoms with E-state index in [0.29, 0.717) is 60.5 Å². The largest absolute Gasteiger partial charge is 0.465 e. The Morgan fingerprint density at radius 2 is 1.98 bits per heavy atom. The summed E-state index contributed by atoms with van der Waals surface area (Å²) in [6, 6.07) is 17.7. The van der Waals surface area contributed by atoms with Crippen LogP contribution in [0.3, 0.4) is 0 Å². The number of imidazole rings is 1. The van der Waals surface area contributed by atoms with E-state index in [-0.39, 0.29) is 23.5 Å². The summed E-state index contributed by atoms with van der Waals surface area (Å²) in [5, 5.41) is 10.1. The number of hydrogen-bond donors (Lipinski definition) is 0. The molecule has 47 heavy (non-hydrogen) atoms. The van der Waals surface area contributed by atoms with Crippen molar-refractivity contribution in [3.05, 3.63) is 76.8 Å². The van der Waals surface area contributed by atoms with Crippen molar-refractivity contribution < 1.29 is 23.7 Å². The van der Waals surface area contributed by atoms with Crippen LogP contribution < -0.4 is 14.4 Å². The molecule has 2 aromatic carbocycles. The van der Waals surface area contributed by atoms with Crippen LogP contribution in [0.4, 0.5) is 5.69 Å². The lowest BCUT2D eigenvalue weighted by Crippen LogP contribution is -2.59. The van der Waals surface area contributed by atoms with E-state index < -0.39 is 5.79 Å². The highest BCUT2D eigenvalue weighted by atomic mass is 35.5. The van der Waals surface area contributed by atoms with E-state index in [4.69, 9.17) is 35.5 Å². The SMILES string of the molecule is COC(=O)c1ccc2nc(CN3CCN(c4cccc5c4O[C@](C)(c4ccc(Cl)cn4)O5)[C@H]4COC[C@H]43)n(CC3(CC#N)CC3)c2c1. The van der Waals surface area contributed by atoms with Crippen molar-refractivity contribution in [2.45, 2.75) is 57.1 Å². The normalized spacial score (nSPS) is 24.3. The highest BCUT2D eigenvalue weighted by Gasteiger charge is 2.47. The van der Waals surface area contributed by atoms with Crippen molar-refractivity contribution in [1.82, 2.24) is 19.4 Å². The second-order valence-electron chi connectivity index (χ2n) is 13.1. The first-order valence-electron chi connectivity index (χ1n) is 16.0. The number of benzene rings is 2. The standard InChI is InChI=1S/C35H35ClN6O5/c1-34(30-9-7-23(36)17-38-30)46-29-5-3-4-25(32(29)47-34)41-15-14-40(27-19-45-20-28(27)41)18-31-39-24-8-6-22(33(43)44-2)16-26(24)42(31)21-35(10-11-35)12-13-37/h3-9,16-17,27-28H,10-12,14-15,18-21H2,1-2H3/t27-,28+,34-/m1/s1. The number of piperazine rings is 1. The van der Waals surface area contributed by atoms with E-state index in [1.54, 1.807) is 18.3 Å². The van der Waals surface area contributed by atoms with Gasteiger partial charge in [0.05, 0.1) is 72.3 Å². The van der Waals surface area contributed by atoms with Crippen LogP contribution in [0.5, 0.6) is 11.5 Å². The van der Waals surface area contributed by atoms with Gasteiger partial charge in [0.2, 0.25) is 0 Å². The van der Waals surface area contributed by atoms with E-state index >= 15 is 0 Å². The molecule has 0 spiro atoms. The lowest BCUT2D eigenvalue weighted by atomic mass is 10.0. The molecule has 4 aromatic rings. The summed E-state index contributed by atoms with van der Waals surface area (Å²) in [5.41, 5.74) is 3.76. The Kier molecular flexibility index (Phi) is 7.28. The molecule has 0 amide bonds. The molecule has 1 aliphatic carbocycles. The number of nitrogens with zero attached hydrogens (tertiary/aromatic N) is 6. The Morgan fingerprint density at radius 3 is 2.74 bits per heavy atom. The van der Waals surface area contributed by atoms with Crippen LogP contribution in [-0.4, -0.2) is 70.9 Å². The Labute approximate surface area is 277 Å². The Bertz CT molecular complexity index is 1900. The van der Waals surface area contributed by atoms with Crippen molar-refractivity contribution in [3.63, 3.8) is 0 Å². The maximum atomic E-state index is 12.4. The van der Waals surface area contributed by atoms with Crippen LogP contribution in [0, 0.1) is 16.7 Å². The van der Waals surface area contributed by atoms with Gasteiger partial charge in [0.15, 0.2) is 11.5 Å². The molecule has 3 fully saturated rings. The smallest absolute Gasteiger partial charge is 0.337 e. The zero-order valence-corrected chi connectivity index (χ0v) is 27.1. The van der Waals surface area contributed by atoms with Gasteiger partial charge in [-0.1, -0.05) is 17.7 Å². The van der Waals surface area contributed by atoms with Crippen molar-refractivity contribution in [2.24, 2.45) is 5.41 Å². The zero-order valence-electron chi connectivity index (χ0n) is 26.3. The number of pyridine rings is 1. The minimum atomic E-state index is -1.08. The number of nitriles is 1. The maximum Gasteiger partial charge on any atom is 0.337 e. The first-order chi connectivity index (χ1) is 22.8. The fraction of sp³-hybridized carbons (Fsp3) is 0.429. The second kappa shape index (κ2) is 11.4. The van der Waals surface area contributed by atoms with Crippen molar-refractivity contribution in [1.29, 1.82) is 5.26 Å². The molecular formula is C35H35ClN6O5. The lowest BCUT2D eigenvalue weighted by molar-refractivity contribution is -0.0716. The number of fused-ring (bicyclic) bond motifs is 3. The van der Waals surface area contributed by atoms with Crippen LogP contribution >= 0.6 is 11.6 Å². The summed E-state index contributed by atoms with van der Waals surface area (Å²) in [7, 11) is 1.39. The first kappa shape index (κ1) is 30.0. The molecule has 11 nitrogen and oxygen atoms in total. The molecule has 2 saturated heterocycles. The van der Waals surface area contributed by atoms with E-state index in [0.717, 1.165) is 48.5 Å². The minimum absolute atomic E-state index is 0.0537. The number of carbonyl (C=O) groups excluding carboxylic acids is 1. The fourth-order valence-corrected chi connectivity index (χ4v) is 7.41. The number of ether oxygens (including phenoxy) is 4. The van der Waals surface area contributed by atoms with Gasteiger partial charge in [-0.3, -0.25) is 9.88 Å². The number of anilines is 1. The second-order valence-corrected chi connectivity index (χ2v) is 13.5. The summed E-state index contributed by atoms with van der Waals surface area (Å²) in [6.07, 6.45) is 4.11. The van der Waals surface area contributed by atoms with Gasteiger partial charge in [-0.25, -0.2) is 9.78 Å². The molecule has 8 rings (SSSR count). The number of halogens is 1. The molecule has 0 N–H and O–H groups in total. The molecular weight excluding hydrogens is 620 g/mol. The molecule has 0 unspecified atom stereocenters. The van der Waals surface area contributed by atoms with Gasteiger partial charge in [-0.2, -0.15) is 5.26 Å². The predicted molar refractivity (Wildman–Crippen MR) is 173 cm³/mol. The monoisotopic (exact) mass is 654 g/mol. The van der Waals surface area contributed by atoms with Crippen molar-refractivity contribution in [3.8, 4) is 17.6 Å². The van der Waals surface area contributed by atoms with E-state index in [1.165, 1.54) is 7.11 Å². The number of para-hydroxylation sites is 1. The van der Waals surface area contributed by atoms with Gasteiger partial charge < -0.3 is 28.4 Å². The Balaban J connectivity index is 1.08. The highest BCUT2D eigenvalue weighted by molar-refractivity contribution is 6.30. The third kappa shape index (κ3) is 5.25. The molecule has 12 heteroatoms. The lowest BCUT2D eigenvalue weighted by Gasteiger charge is -2.44. The summed E-state index contributed by atoms with van der Waals surface area (Å²) >= 11 is 6.09. The average Bonchev–Trinajstić information content (AvgIpc) is 3.36. The van der Waals surface area contributed by atoms with Crippen LogP contribution in [-0.2, 0) is 28.4 Å². The summed E-state index contributed by atoms with van der Waals surface area (Å²) in [5.74, 6) is 0.836. The van der Waals surface area contributed by atoms with Crippen LogP contribution in [0.1, 0.15) is 48.1 Å². The van der Waals surface area contributed by atoms with Gasteiger partial charge >= 0.3 is 5.97 Å². The molecule has 242 valence electrons. The third-order valence-electron chi connectivity index (χ3n) is 10.1. The van der Waals surface area contributed by atoms with E-state index in [1.807, 2.05) is 37.3 Å². The zero-order chi connectivity index (χ0) is 32.3. The average molecular weight is 655 g/mol. The minimum Gasteiger partial charge on any atom is -0.465 e. The van der Waals surface area contributed by atoms with E-state index in [9.17, 15) is 10.1 Å². The van der Waals surface area contributed by atoms with E-state index in [2.05, 4.69) is 31.5 Å². The summed E-state index contributed by atoms with van der Waals surface area (Å²) in [6.45, 7) is 5.91. The van der Waals surface area contributed by atoms with Crippen LogP contribution in [0.15, 0.2) is 54.7 Å². The van der Waals surface area contributed by atoms with Gasteiger partial charge in [-0.15, -0.1) is 0 Å². The molecule has 3 atom stereocenters. The first-order valence-corrected chi connectivity index (χ1v) is 16.3. The summed E-state index contributed by atoms with van der Waals surface area (Å²) in [4.78, 5) is 26.8. The van der Waals surface area contributed by atoms with Crippen LogP contribution in [0.2, 0.25) is 5.02 Å². The van der Waals surface area contributed by atoms with Crippen LogP contribution in [0.25, 0.3) is 11.0 Å². The Morgan fingerprint density at radius 1 is 1.13 bits per heavy atom. The number of rotatable bonds is 8. The molecule has 0 bridgehead atoms. The topological polar surface area (TPSA) is 115 Å². The molecule has 1 saturated carbocycles. The fourth-order valence-electron chi connectivity index (χ4n) is 7.30. The number of methoxy groups -OCH3 is 1. The quantitative estimate of drug-likeness (QED) is 0.232. The summed E-state index contributed by atoms with van der Waals surface area (Å²) < 4.78 is 26.2. The van der Waals surface area contributed by atoms with Gasteiger partial charge in [0.1, 0.15) is 11.5 Å². The third-order valence-corrected chi connectivity index (χ3v) is 10.3. The molecule has 3 aliphatic heterocycles. The number of hydrogen-bond acceptors (Lipinski definition) is 10. The molecule has 4 aliphatic rings. The predicted octanol–water partition coefficient (Wildman–Crippen LogP) is 5.30. The van der Waals surface area contributed by atoms with Crippen molar-refractivity contribution >= 4 is 34.3 Å². The molecule has 2 aromatic heterocycles. The van der Waals surface area contributed by atoms with Gasteiger partial charge in [0.25, 0.3) is 5.79 Å². The van der Waals surface area contributed by atoms with Gasteiger partial charge in [-0.05, 0) is 55.3 Å².